The summed E-state index contributed by atoms with van der Waals surface area (Å²) >= 11 is 1.54. The molecule has 0 unspecified atom stereocenters. The SMILES string of the molecule is CCOC(=O)C1=C(C)Nc2nc(SCc3ccccc3)nn2[C@@H]1c1ccc(OCC)c(OC)c1. The van der Waals surface area contributed by atoms with Gasteiger partial charge in [0.2, 0.25) is 11.1 Å². The van der Waals surface area contributed by atoms with Crippen LogP contribution in [0.3, 0.4) is 0 Å². The van der Waals surface area contributed by atoms with Crippen LogP contribution in [0.4, 0.5) is 5.95 Å². The zero-order valence-electron chi connectivity index (χ0n) is 19.7. The number of nitrogens with zero attached hydrogens (tertiary/aromatic N) is 3. The van der Waals surface area contributed by atoms with Crippen LogP contribution in [0.2, 0.25) is 0 Å². The Morgan fingerprint density at radius 1 is 1.12 bits per heavy atom. The minimum Gasteiger partial charge on any atom is -0.493 e. The van der Waals surface area contributed by atoms with Crippen LogP contribution in [-0.2, 0) is 15.3 Å². The van der Waals surface area contributed by atoms with E-state index >= 15 is 0 Å². The number of carbonyl (C=O) groups excluding carboxylic acids is 1. The van der Waals surface area contributed by atoms with Gasteiger partial charge in [-0.05, 0) is 44.0 Å². The van der Waals surface area contributed by atoms with Crippen LogP contribution >= 0.6 is 11.8 Å². The number of allylic oxidation sites excluding steroid dienone is 1. The van der Waals surface area contributed by atoms with E-state index in [0.29, 0.717) is 40.5 Å². The first-order chi connectivity index (χ1) is 16.5. The number of anilines is 1. The lowest BCUT2D eigenvalue weighted by Gasteiger charge is -2.28. The van der Waals surface area contributed by atoms with Gasteiger partial charge in [-0.15, -0.1) is 5.10 Å². The maximum atomic E-state index is 13.0. The molecular weight excluding hydrogens is 452 g/mol. The second kappa shape index (κ2) is 10.6. The van der Waals surface area contributed by atoms with E-state index < -0.39 is 12.0 Å². The fourth-order valence-electron chi connectivity index (χ4n) is 3.83. The first-order valence-corrected chi connectivity index (χ1v) is 12.1. The van der Waals surface area contributed by atoms with Crippen molar-refractivity contribution in [2.75, 3.05) is 25.6 Å². The number of methoxy groups -OCH3 is 1. The van der Waals surface area contributed by atoms with E-state index in [1.54, 1.807) is 18.7 Å². The van der Waals surface area contributed by atoms with Gasteiger partial charge in [0.05, 0.1) is 25.9 Å². The normalized spacial score (nSPS) is 14.9. The lowest BCUT2D eigenvalue weighted by Crippen LogP contribution is -2.29. The van der Waals surface area contributed by atoms with E-state index in [4.69, 9.17) is 19.3 Å². The third kappa shape index (κ3) is 4.89. The predicted octanol–water partition coefficient (Wildman–Crippen LogP) is 4.83. The molecular formula is C25H28N4O4S. The van der Waals surface area contributed by atoms with E-state index in [1.807, 2.05) is 50.2 Å². The molecule has 1 atom stereocenters. The molecule has 0 saturated carbocycles. The molecule has 178 valence electrons. The van der Waals surface area contributed by atoms with Crippen molar-refractivity contribution >= 4 is 23.7 Å². The van der Waals surface area contributed by atoms with Gasteiger partial charge in [0.1, 0.15) is 6.04 Å². The van der Waals surface area contributed by atoms with Crippen LogP contribution in [-0.4, -0.2) is 41.1 Å². The van der Waals surface area contributed by atoms with Crippen molar-refractivity contribution in [3.63, 3.8) is 0 Å². The monoisotopic (exact) mass is 480 g/mol. The van der Waals surface area contributed by atoms with Gasteiger partial charge in [0.25, 0.3) is 0 Å². The highest BCUT2D eigenvalue weighted by Crippen LogP contribution is 2.40. The topological polar surface area (TPSA) is 87.5 Å². The molecule has 1 aliphatic heterocycles. The second-order valence-corrected chi connectivity index (χ2v) is 8.51. The summed E-state index contributed by atoms with van der Waals surface area (Å²) in [6.45, 7) is 6.35. The molecule has 0 amide bonds. The molecule has 0 aliphatic carbocycles. The van der Waals surface area contributed by atoms with E-state index in [9.17, 15) is 4.79 Å². The van der Waals surface area contributed by atoms with Gasteiger partial charge in [0, 0.05) is 11.4 Å². The van der Waals surface area contributed by atoms with Crippen molar-refractivity contribution in [3.8, 4) is 11.5 Å². The largest absolute Gasteiger partial charge is 0.493 e. The van der Waals surface area contributed by atoms with Gasteiger partial charge < -0.3 is 19.5 Å². The smallest absolute Gasteiger partial charge is 0.338 e. The number of fused-ring (bicyclic) bond motifs is 1. The number of esters is 1. The van der Waals surface area contributed by atoms with E-state index in [-0.39, 0.29) is 6.61 Å². The third-order valence-electron chi connectivity index (χ3n) is 5.34. The molecule has 2 heterocycles. The Labute approximate surface area is 203 Å². The second-order valence-electron chi connectivity index (χ2n) is 7.57. The summed E-state index contributed by atoms with van der Waals surface area (Å²) in [5, 5.41) is 8.60. The van der Waals surface area contributed by atoms with E-state index in [0.717, 1.165) is 11.3 Å². The van der Waals surface area contributed by atoms with Crippen molar-refractivity contribution in [3.05, 3.63) is 70.9 Å². The molecule has 0 radical (unpaired) electrons. The van der Waals surface area contributed by atoms with Gasteiger partial charge >= 0.3 is 5.97 Å². The van der Waals surface area contributed by atoms with E-state index in [2.05, 4.69) is 22.4 Å². The summed E-state index contributed by atoms with van der Waals surface area (Å²) in [7, 11) is 1.59. The van der Waals surface area contributed by atoms with Crippen molar-refractivity contribution in [1.82, 2.24) is 14.8 Å². The highest BCUT2D eigenvalue weighted by molar-refractivity contribution is 7.98. The average molecular weight is 481 g/mol. The molecule has 4 rings (SSSR count). The zero-order valence-corrected chi connectivity index (χ0v) is 20.5. The van der Waals surface area contributed by atoms with Crippen molar-refractivity contribution in [2.24, 2.45) is 0 Å². The van der Waals surface area contributed by atoms with Crippen LogP contribution in [0.25, 0.3) is 0 Å². The number of ether oxygens (including phenoxy) is 3. The minimum absolute atomic E-state index is 0.275. The fraction of sp³-hybridized carbons (Fsp3) is 0.320. The predicted molar refractivity (Wildman–Crippen MR) is 131 cm³/mol. The Morgan fingerprint density at radius 2 is 1.91 bits per heavy atom. The lowest BCUT2D eigenvalue weighted by molar-refractivity contribution is -0.139. The Balaban J connectivity index is 1.74. The molecule has 0 spiro atoms. The minimum atomic E-state index is -0.529. The molecule has 0 saturated heterocycles. The zero-order chi connectivity index (χ0) is 24.1. The molecule has 8 nitrogen and oxygen atoms in total. The Bertz CT molecular complexity index is 1190. The highest BCUT2D eigenvalue weighted by Gasteiger charge is 2.35. The van der Waals surface area contributed by atoms with E-state index in [1.165, 1.54) is 17.3 Å². The molecule has 2 aromatic carbocycles. The summed E-state index contributed by atoms with van der Waals surface area (Å²) in [5.74, 6) is 2.13. The summed E-state index contributed by atoms with van der Waals surface area (Å²) in [4.78, 5) is 17.7. The molecule has 0 bridgehead atoms. The van der Waals surface area contributed by atoms with Crippen molar-refractivity contribution in [2.45, 2.75) is 37.7 Å². The summed E-state index contributed by atoms with van der Waals surface area (Å²) in [6, 6.07) is 15.3. The standard InChI is InChI=1S/C25H28N4O4S/c1-5-32-19-13-12-18(14-20(19)31-4)22-21(23(30)33-6-2)16(3)26-24-27-25(28-29(22)24)34-15-17-10-8-7-9-11-17/h7-14,22H,5-6,15H2,1-4H3,(H,26,27,28)/t22-/m1/s1. The quantitative estimate of drug-likeness (QED) is 0.344. The number of thioether (sulfide) groups is 1. The number of nitrogens with one attached hydrogen (secondary N) is 1. The summed E-state index contributed by atoms with van der Waals surface area (Å²) in [6.07, 6.45) is 0. The molecule has 34 heavy (non-hydrogen) atoms. The fourth-order valence-corrected chi connectivity index (χ4v) is 4.61. The number of carbonyl (C=O) groups is 1. The van der Waals surface area contributed by atoms with Crippen LogP contribution in [0.15, 0.2) is 65.0 Å². The number of hydrogen-bond acceptors (Lipinski definition) is 8. The average Bonchev–Trinajstić information content (AvgIpc) is 3.25. The molecule has 9 heteroatoms. The molecule has 1 N–H and O–H groups in total. The lowest BCUT2D eigenvalue weighted by atomic mass is 9.95. The van der Waals surface area contributed by atoms with Gasteiger partial charge in [0.15, 0.2) is 11.5 Å². The van der Waals surface area contributed by atoms with Crippen LogP contribution in [0.5, 0.6) is 11.5 Å². The van der Waals surface area contributed by atoms with Gasteiger partial charge in [-0.2, -0.15) is 4.98 Å². The molecule has 3 aromatic rings. The molecule has 1 aliphatic rings. The number of rotatable bonds is 9. The van der Waals surface area contributed by atoms with Gasteiger partial charge in [-0.1, -0.05) is 48.2 Å². The first-order valence-electron chi connectivity index (χ1n) is 11.1. The number of aromatic nitrogens is 3. The Morgan fingerprint density at radius 3 is 2.62 bits per heavy atom. The Hall–Kier alpha value is -3.46. The van der Waals surface area contributed by atoms with Crippen LogP contribution in [0, 0.1) is 0 Å². The molecule has 1 aromatic heterocycles. The van der Waals surface area contributed by atoms with Gasteiger partial charge in [-0.3, -0.25) is 0 Å². The van der Waals surface area contributed by atoms with Crippen molar-refractivity contribution < 1.29 is 19.0 Å². The van der Waals surface area contributed by atoms with Crippen LogP contribution in [0.1, 0.15) is 37.9 Å². The van der Waals surface area contributed by atoms with Gasteiger partial charge in [-0.25, -0.2) is 9.48 Å². The first kappa shape index (κ1) is 23.7. The van der Waals surface area contributed by atoms with Crippen molar-refractivity contribution in [1.29, 1.82) is 0 Å². The highest BCUT2D eigenvalue weighted by atomic mass is 32.2. The number of hydrogen-bond donors (Lipinski definition) is 1. The maximum Gasteiger partial charge on any atom is 0.338 e. The third-order valence-corrected chi connectivity index (χ3v) is 6.25. The Kier molecular flexibility index (Phi) is 7.42. The summed E-state index contributed by atoms with van der Waals surface area (Å²) in [5.41, 5.74) is 3.15. The number of benzene rings is 2. The molecule has 0 fully saturated rings. The van der Waals surface area contributed by atoms with Crippen LogP contribution < -0.4 is 14.8 Å². The maximum absolute atomic E-state index is 13.0. The summed E-state index contributed by atoms with van der Waals surface area (Å²) < 4.78 is 18.4.